The van der Waals surface area contributed by atoms with Gasteiger partial charge >= 0.3 is 0 Å². The lowest BCUT2D eigenvalue weighted by molar-refractivity contribution is -0.130. The molecule has 2 N–H and O–H groups in total. The van der Waals surface area contributed by atoms with Crippen molar-refractivity contribution in [1.82, 2.24) is 5.32 Å². The first-order valence-corrected chi connectivity index (χ1v) is 10.3. The van der Waals surface area contributed by atoms with Gasteiger partial charge in [-0.2, -0.15) is 0 Å². The average molecular weight is 346 g/mol. The average Bonchev–Trinajstić information content (AvgIpc) is 2.70. The molecular weight excluding hydrogens is 310 g/mol. The number of benzene rings is 1. The third-order valence-electron chi connectivity index (χ3n) is 6.38. The standard InChI is InChI=1S/C22H35NO2/c1-2-21(18-13-15-23-16-14-18)25-17-22(24,19-9-5-3-6-10-19)20-11-7-4-8-12-20/h3,5-6,9-10,18,20-21,23-24H,2,4,7-8,11-17H2,1H3/t21-,22+/m0/s1. The molecule has 1 aliphatic heterocycles. The van der Waals surface area contributed by atoms with E-state index in [0.29, 0.717) is 18.4 Å². The first-order valence-electron chi connectivity index (χ1n) is 10.3. The van der Waals surface area contributed by atoms with E-state index in [1.54, 1.807) is 0 Å². The summed E-state index contributed by atoms with van der Waals surface area (Å²) in [4.78, 5) is 0. The highest BCUT2D eigenvalue weighted by Crippen LogP contribution is 2.40. The molecule has 1 aromatic rings. The highest BCUT2D eigenvalue weighted by molar-refractivity contribution is 5.23. The van der Waals surface area contributed by atoms with Crippen LogP contribution in [0.3, 0.4) is 0 Å². The highest BCUT2D eigenvalue weighted by Gasteiger charge is 2.40. The first kappa shape index (κ1) is 18.9. The van der Waals surface area contributed by atoms with E-state index in [-0.39, 0.29) is 6.10 Å². The van der Waals surface area contributed by atoms with Crippen molar-refractivity contribution >= 4 is 0 Å². The number of piperidine rings is 1. The number of rotatable bonds is 7. The molecule has 0 unspecified atom stereocenters. The summed E-state index contributed by atoms with van der Waals surface area (Å²) in [6.07, 6.45) is 9.64. The Labute approximate surface area is 153 Å². The van der Waals surface area contributed by atoms with Crippen LogP contribution in [-0.2, 0) is 10.3 Å². The van der Waals surface area contributed by atoms with Gasteiger partial charge in [0, 0.05) is 0 Å². The van der Waals surface area contributed by atoms with Crippen LogP contribution in [0, 0.1) is 11.8 Å². The van der Waals surface area contributed by atoms with Gasteiger partial charge in [0.25, 0.3) is 0 Å². The predicted octanol–water partition coefficient (Wildman–Crippen LogP) is 4.25. The molecule has 0 radical (unpaired) electrons. The van der Waals surface area contributed by atoms with E-state index < -0.39 is 5.60 Å². The normalized spacial score (nSPS) is 23.9. The van der Waals surface area contributed by atoms with E-state index in [4.69, 9.17) is 4.74 Å². The van der Waals surface area contributed by atoms with E-state index in [2.05, 4.69) is 24.4 Å². The van der Waals surface area contributed by atoms with Gasteiger partial charge in [0.15, 0.2) is 0 Å². The molecule has 2 fully saturated rings. The maximum Gasteiger partial charge on any atom is 0.116 e. The summed E-state index contributed by atoms with van der Waals surface area (Å²) in [7, 11) is 0. The lowest BCUT2D eigenvalue weighted by Crippen LogP contribution is -2.43. The molecule has 3 nitrogen and oxygen atoms in total. The van der Waals surface area contributed by atoms with Gasteiger partial charge in [-0.3, -0.25) is 0 Å². The molecule has 140 valence electrons. The maximum atomic E-state index is 11.7. The monoisotopic (exact) mass is 345 g/mol. The fraction of sp³-hybridized carbons (Fsp3) is 0.727. The third-order valence-corrected chi connectivity index (χ3v) is 6.38. The molecule has 3 heteroatoms. The van der Waals surface area contributed by atoms with Crippen LogP contribution >= 0.6 is 0 Å². The van der Waals surface area contributed by atoms with Gasteiger partial charge < -0.3 is 15.2 Å². The zero-order chi connectivity index (χ0) is 17.5. The lowest BCUT2D eigenvalue weighted by atomic mass is 9.73. The Morgan fingerprint density at radius 2 is 1.76 bits per heavy atom. The van der Waals surface area contributed by atoms with Crippen LogP contribution in [0.25, 0.3) is 0 Å². The molecule has 1 saturated heterocycles. The van der Waals surface area contributed by atoms with Gasteiger partial charge in [0.05, 0.1) is 12.7 Å². The Bertz CT molecular complexity index is 494. The van der Waals surface area contributed by atoms with E-state index in [1.807, 2.05) is 18.2 Å². The van der Waals surface area contributed by atoms with Gasteiger partial charge in [0.1, 0.15) is 5.60 Å². The van der Waals surface area contributed by atoms with Gasteiger partial charge in [-0.05, 0) is 62.6 Å². The van der Waals surface area contributed by atoms with E-state index in [1.165, 1.54) is 32.1 Å². The van der Waals surface area contributed by atoms with E-state index >= 15 is 0 Å². The molecule has 3 rings (SSSR count). The van der Waals surface area contributed by atoms with Crippen LogP contribution in [0.15, 0.2) is 30.3 Å². The molecule has 1 heterocycles. The molecular formula is C22H35NO2. The van der Waals surface area contributed by atoms with Gasteiger partial charge in [-0.15, -0.1) is 0 Å². The number of hydrogen-bond donors (Lipinski definition) is 2. The van der Waals surface area contributed by atoms with Gasteiger partial charge in [-0.1, -0.05) is 56.5 Å². The molecule has 0 bridgehead atoms. The Morgan fingerprint density at radius 1 is 1.08 bits per heavy atom. The molecule has 0 aromatic heterocycles. The van der Waals surface area contributed by atoms with Crippen LogP contribution in [0.2, 0.25) is 0 Å². The fourth-order valence-corrected chi connectivity index (χ4v) is 4.78. The largest absolute Gasteiger partial charge is 0.382 e. The summed E-state index contributed by atoms with van der Waals surface area (Å²) in [6, 6.07) is 10.2. The highest BCUT2D eigenvalue weighted by atomic mass is 16.5. The van der Waals surface area contributed by atoms with Gasteiger partial charge in [-0.25, -0.2) is 0 Å². The van der Waals surface area contributed by atoms with Crippen molar-refractivity contribution < 1.29 is 9.84 Å². The van der Waals surface area contributed by atoms with Crippen molar-refractivity contribution in [3.63, 3.8) is 0 Å². The number of ether oxygens (including phenoxy) is 1. The molecule has 2 aliphatic rings. The number of aliphatic hydroxyl groups is 1. The molecule has 1 saturated carbocycles. The van der Waals surface area contributed by atoms with E-state index in [0.717, 1.165) is 37.9 Å². The van der Waals surface area contributed by atoms with E-state index in [9.17, 15) is 5.11 Å². The second kappa shape index (κ2) is 9.16. The molecule has 1 aromatic carbocycles. The van der Waals surface area contributed by atoms with Gasteiger partial charge in [0.2, 0.25) is 0 Å². The Balaban J connectivity index is 1.72. The minimum atomic E-state index is -0.845. The van der Waals surface area contributed by atoms with Crippen molar-refractivity contribution in [2.24, 2.45) is 11.8 Å². The predicted molar refractivity (Wildman–Crippen MR) is 103 cm³/mol. The summed E-state index contributed by atoms with van der Waals surface area (Å²) in [5, 5.41) is 15.2. The first-order chi connectivity index (χ1) is 12.2. The molecule has 0 amide bonds. The summed E-state index contributed by atoms with van der Waals surface area (Å²) < 4.78 is 6.43. The SMILES string of the molecule is CC[C@H](OC[C@@](O)(c1ccccc1)C1CCCCC1)C1CCNCC1. The lowest BCUT2D eigenvalue weighted by Gasteiger charge is -2.40. The smallest absolute Gasteiger partial charge is 0.116 e. The Hall–Kier alpha value is -0.900. The van der Waals surface area contributed by atoms with Crippen molar-refractivity contribution in [3.8, 4) is 0 Å². The van der Waals surface area contributed by atoms with Crippen LogP contribution in [0.5, 0.6) is 0 Å². The summed E-state index contributed by atoms with van der Waals surface area (Å²) in [5.41, 5.74) is 0.184. The zero-order valence-electron chi connectivity index (χ0n) is 15.8. The summed E-state index contributed by atoms with van der Waals surface area (Å²) in [5.74, 6) is 0.937. The Morgan fingerprint density at radius 3 is 2.40 bits per heavy atom. The van der Waals surface area contributed by atoms with Crippen molar-refractivity contribution in [3.05, 3.63) is 35.9 Å². The van der Waals surface area contributed by atoms with Crippen molar-refractivity contribution in [2.45, 2.75) is 70.0 Å². The number of nitrogens with one attached hydrogen (secondary N) is 1. The van der Waals surface area contributed by atoms with Crippen LogP contribution in [0.4, 0.5) is 0 Å². The van der Waals surface area contributed by atoms with Crippen molar-refractivity contribution in [1.29, 1.82) is 0 Å². The Kier molecular flexibility index (Phi) is 6.92. The summed E-state index contributed by atoms with van der Waals surface area (Å²) in [6.45, 7) is 4.84. The van der Waals surface area contributed by atoms with Crippen LogP contribution < -0.4 is 5.32 Å². The minimum Gasteiger partial charge on any atom is -0.382 e. The second-order valence-corrected chi connectivity index (χ2v) is 7.97. The topological polar surface area (TPSA) is 41.5 Å². The third kappa shape index (κ3) is 4.64. The molecule has 25 heavy (non-hydrogen) atoms. The van der Waals surface area contributed by atoms with Crippen molar-refractivity contribution in [2.75, 3.05) is 19.7 Å². The second-order valence-electron chi connectivity index (χ2n) is 7.97. The molecule has 1 aliphatic carbocycles. The molecule has 0 spiro atoms. The number of hydrogen-bond acceptors (Lipinski definition) is 3. The fourth-order valence-electron chi connectivity index (χ4n) is 4.78. The zero-order valence-corrected chi connectivity index (χ0v) is 15.8. The van der Waals surface area contributed by atoms with Crippen LogP contribution in [-0.4, -0.2) is 30.9 Å². The maximum absolute atomic E-state index is 11.7. The quantitative estimate of drug-likeness (QED) is 0.776. The minimum absolute atomic E-state index is 0.265. The summed E-state index contributed by atoms with van der Waals surface area (Å²) >= 11 is 0. The van der Waals surface area contributed by atoms with Crippen LogP contribution in [0.1, 0.15) is 63.9 Å². The molecule has 2 atom stereocenters.